The third kappa shape index (κ3) is 22.5. The van der Waals surface area contributed by atoms with Crippen LogP contribution in [0, 0.1) is 11.1 Å². The average molecular weight is 208 g/mol. The van der Waals surface area contributed by atoms with Crippen molar-refractivity contribution < 1.29 is 19.3 Å². The zero-order valence-corrected chi connectivity index (χ0v) is 8.36. The summed E-state index contributed by atoms with van der Waals surface area (Å²) in [6.45, 7) is 2.75. The molecule has 0 aliphatic heterocycles. The third-order valence-corrected chi connectivity index (χ3v) is 1.04. The maximum absolute atomic E-state index is 8.32. The lowest BCUT2D eigenvalue weighted by molar-refractivity contribution is 0.0159. The van der Waals surface area contributed by atoms with Crippen molar-refractivity contribution >= 4 is 0 Å². The van der Waals surface area contributed by atoms with Crippen LogP contribution < -0.4 is 4.91 Å². The minimum absolute atomic E-state index is 0.0675. The van der Waals surface area contributed by atoms with Crippen LogP contribution in [0.3, 0.4) is 0 Å². The Bertz CT molecular complexity index is 120. The van der Waals surface area contributed by atoms with Gasteiger partial charge in [-0.1, -0.05) is 0 Å². The number of hydrogen-bond donors (Lipinski definition) is 3. The van der Waals surface area contributed by atoms with E-state index >= 15 is 0 Å². The van der Waals surface area contributed by atoms with Crippen LogP contribution in [-0.4, -0.2) is 51.9 Å². The number of aliphatic hydroxyl groups excluding tert-OH is 1. The van der Waals surface area contributed by atoms with Crippen LogP contribution in [0.4, 0.5) is 0 Å². The van der Waals surface area contributed by atoms with Crippen LogP contribution in [0.2, 0.25) is 0 Å². The van der Waals surface area contributed by atoms with Gasteiger partial charge in [0.15, 0.2) is 0 Å². The first-order chi connectivity index (χ1) is 6.83. The summed E-state index contributed by atoms with van der Waals surface area (Å²) in [6, 6.07) is 0. The highest BCUT2D eigenvalue weighted by Gasteiger charge is 1.87. The summed E-state index contributed by atoms with van der Waals surface area (Å²) in [7, 11) is 1.63. The normalized spacial score (nSPS) is 8.71. The van der Waals surface area contributed by atoms with Gasteiger partial charge in [-0.15, -0.1) is 0 Å². The smallest absolute Gasteiger partial charge is 0.211 e. The van der Waals surface area contributed by atoms with E-state index in [1.165, 1.54) is 0 Å². The van der Waals surface area contributed by atoms with Crippen LogP contribution >= 0.6 is 0 Å². The molecular weight excluding hydrogens is 190 g/mol. The predicted molar refractivity (Wildman–Crippen MR) is 48.2 cm³/mol. The number of nitrogens with one attached hydrogen (secondary N) is 2. The summed E-state index contributed by atoms with van der Waals surface area (Å²) in [5.74, 6) is 0. The molecule has 0 amide bonds. The molecule has 0 aromatic heterocycles. The van der Waals surface area contributed by atoms with Gasteiger partial charge in [-0.05, 0) is 0 Å². The summed E-state index contributed by atoms with van der Waals surface area (Å²) in [6.07, 6.45) is 0. The van der Waals surface area contributed by atoms with Crippen molar-refractivity contribution in [3.63, 3.8) is 0 Å². The molecule has 84 valence electrons. The lowest BCUT2D eigenvalue weighted by Crippen LogP contribution is -2.09. The van der Waals surface area contributed by atoms with Gasteiger partial charge in [0.05, 0.1) is 39.6 Å². The fourth-order valence-corrected chi connectivity index (χ4v) is 0.529. The van der Waals surface area contributed by atoms with E-state index in [1.807, 2.05) is 4.91 Å². The summed E-state index contributed by atoms with van der Waals surface area (Å²) < 4.78 is 14.8. The van der Waals surface area contributed by atoms with E-state index in [0.717, 1.165) is 0 Å². The quantitative estimate of drug-likeness (QED) is 0.291. The SMILES string of the molecule is COCCOCCOCCO.N=[N+]=N. The number of methoxy groups -OCH3 is 1. The maximum Gasteiger partial charge on any atom is 0.211 e. The molecule has 0 heterocycles. The Balaban J connectivity index is 0. The van der Waals surface area contributed by atoms with Crippen molar-refractivity contribution in [3.8, 4) is 0 Å². The molecule has 7 heteroatoms. The zero-order chi connectivity index (χ0) is 11.1. The molecule has 0 saturated heterocycles. The third-order valence-electron chi connectivity index (χ3n) is 1.04. The second kappa shape index (κ2) is 18.0. The van der Waals surface area contributed by atoms with Crippen LogP contribution in [0.1, 0.15) is 0 Å². The van der Waals surface area contributed by atoms with Gasteiger partial charge in [-0.2, -0.15) is 0 Å². The summed E-state index contributed by atoms with van der Waals surface area (Å²) in [5, 5.41) is 8.32. The molecule has 14 heavy (non-hydrogen) atoms. The second-order valence-electron chi connectivity index (χ2n) is 2.05. The zero-order valence-electron chi connectivity index (χ0n) is 8.36. The molecule has 7 nitrogen and oxygen atoms in total. The van der Waals surface area contributed by atoms with Gasteiger partial charge in [-0.25, -0.2) is 0 Å². The molecule has 0 aliphatic rings. The summed E-state index contributed by atoms with van der Waals surface area (Å²) >= 11 is 0. The Hall–Kier alpha value is -0.850. The highest BCUT2D eigenvalue weighted by molar-refractivity contribution is 4.31. The molecular formula is C7H18N3O4+. The highest BCUT2D eigenvalue weighted by Crippen LogP contribution is 1.78. The van der Waals surface area contributed by atoms with Gasteiger partial charge in [0.25, 0.3) is 0 Å². The minimum Gasteiger partial charge on any atom is -0.394 e. The average Bonchev–Trinajstić information content (AvgIpc) is 2.18. The van der Waals surface area contributed by atoms with Gasteiger partial charge in [0, 0.05) is 7.11 Å². The lowest BCUT2D eigenvalue weighted by Gasteiger charge is -2.03. The van der Waals surface area contributed by atoms with E-state index in [9.17, 15) is 0 Å². The van der Waals surface area contributed by atoms with Crippen LogP contribution in [0.5, 0.6) is 0 Å². The molecule has 3 N–H and O–H groups in total. The molecule has 0 spiro atoms. The number of nitrogens with zero attached hydrogens (tertiary/aromatic N) is 1. The van der Waals surface area contributed by atoms with Crippen molar-refractivity contribution in [1.82, 2.24) is 4.91 Å². The Morgan fingerprint density at radius 3 is 1.86 bits per heavy atom. The standard InChI is InChI=1S/C7H16O4.H2N3/c1-9-4-5-11-7-6-10-3-2-8;1-3-2/h8H,2-7H2,1H3;1-2H/q;+1. The molecule has 0 aliphatic carbocycles. The summed E-state index contributed by atoms with van der Waals surface area (Å²) in [5.41, 5.74) is 11.0. The fourth-order valence-electron chi connectivity index (χ4n) is 0.529. The predicted octanol–water partition coefficient (Wildman–Crippen LogP) is -0.226. The monoisotopic (exact) mass is 208 g/mol. The van der Waals surface area contributed by atoms with Crippen molar-refractivity contribution in [1.29, 1.82) is 11.1 Å². The molecule has 0 saturated carbocycles. The van der Waals surface area contributed by atoms with Crippen LogP contribution in [0.25, 0.3) is 0 Å². The van der Waals surface area contributed by atoms with Crippen molar-refractivity contribution in [2.45, 2.75) is 0 Å². The van der Waals surface area contributed by atoms with E-state index in [0.29, 0.717) is 33.0 Å². The first-order valence-electron chi connectivity index (χ1n) is 4.12. The van der Waals surface area contributed by atoms with Gasteiger partial charge >= 0.3 is 0 Å². The number of rotatable bonds is 8. The molecule has 0 bridgehead atoms. The van der Waals surface area contributed by atoms with Gasteiger partial charge < -0.3 is 19.3 Å². The van der Waals surface area contributed by atoms with Gasteiger partial charge in [0.1, 0.15) is 11.1 Å². The molecule has 0 aromatic rings. The van der Waals surface area contributed by atoms with E-state index < -0.39 is 0 Å². The maximum atomic E-state index is 8.32. The molecule has 0 fully saturated rings. The number of aliphatic hydroxyl groups is 1. The van der Waals surface area contributed by atoms with E-state index in [-0.39, 0.29) is 6.61 Å². The molecule has 0 rings (SSSR count). The van der Waals surface area contributed by atoms with E-state index in [2.05, 4.69) is 0 Å². The van der Waals surface area contributed by atoms with E-state index in [1.54, 1.807) is 7.11 Å². The first-order valence-corrected chi connectivity index (χ1v) is 4.12. The largest absolute Gasteiger partial charge is 0.394 e. The second-order valence-corrected chi connectivity index (χ2v) is 2.05. The number of ether oxygens (including phenoxy) is 3. The molecule has 0 unspecified atom stereocenters. The van der Waals surface area contributed by atoms with E-state index in [4.69, 9.17) is 30.4 Å². The minimum atomic E-state index is 0.0675. The Labute approximate surface area is 83.0 Å². The lowest BCUT2D eigenvalue weighted by atomic mass is 10.7. The molecule has 0 radical (unpaired) electrons. The van der Waals surface area contributed by atoms with Crippen LogP contribution in [0.15, 0.2) is 0 Å². The number of hydrogen-bond acceptors (Lipinski definition) is 6. The highest BCUT2D eigenvalue weighted by atomic mass is 16.5. The van der Waals surface area contributed by atoms with Crippen molar-refractivity contribution in [3.05, 3.63) is 0 Å². The van der Waals surface area contributed by atoms with Gasteiger partial charge in [-0.3, -0.25) is 0 Å². The Morgan fingerprint density at radius 2 is 1.43 bits per heavy atom. The van der Waals surface area contributed by atoms with Crippen LogP contribution in [-0.2, 0) is 14.2 Å². The fraction of sp³-hybridized carbons (Fsp3) is 1.00. The van der Waals surface area contributed by atoms with Crippen molar-refractivity contribution in [2.75, 3.05) is 46.8 Å². The molecule has 0 atom stereocenters. The molecule has 0 aromatic carbocycles. The first kappa shape index (κ1) is 15.6. The Morgan fingerprint density at radius 1 is 1.00 bits per heavy atom. The topological polar surface area (TPSA) is 110 Å². The Kier molecular flexibility index (Phi) is 20.1. The summed E-state index contributed by atoms with van der Waals surface area (Å²) in [4.78, 5) is 2.00. The van der Waals surface area contributed by atoms with Gasteiger partial charge in [0.2, 0.25) is 4.91 Å². The van der Waals surface area contributed by atoms with Crippen molar-refractivity contribution in [2.24, 2.45) is 0 Å².